The maximum Gasteiger partial charge on any atom is 0.230 e. The predicted molar refractivity (Wildman–Crippen MR) is 115 cm³/mol. The van der Waals surface area contributed by atoms with Gasteiger partial charge in [0.25, 0.3) is 0 Å². The number of rotatable bonds is 6. The van der Waals surface area contributed by atoms with Crippen LogP contribution in [-0.2, 0) is 4.79 Å². The van der Waals surface area contributed by atoms with Gasteiger partial charge in [-0.25, -0.2) is 4.98 Å². The van der Waals surface area contributed by atoms with Crippen LogP contribution < -0.4 is 9.64 Å². The number of halogens is 1. The lowest BCUT2D eigenvalue weighted by Gasteiger charge is -2.18. The van der Waals surface area contributed by atoms with E-state index in [1.165, 1.54) is 29.2 Å². The van der Waals surface area contributed by atoms with E-state index in [0.717, 1.165) is 4.47 Å². The topological polar surface area (TPSA) is 59.5 Å². The van der Waals surface area contributed by atoms with Gasteiger partial charge in [0, 0.05) is 22.3 Å². The van der Waals surface area contributed by atoms with Crippen molar-refractivity contribution >= 4 is 55.9 Å². The van der Waals surface area contributed by atoms with E-state index in [1.54, 1.807) is 55.0 Å². The Morgan fingerprint density at radius 3 is 2.39 bits per heavy atom. The first-order valence-electron chi connectivity index (χ1n) is 8.36. The molecule has 1 heterocycles. The SMILES string of the molecule is COc1ccc(N(C(C)=O)c2nc(/C=C/C(=O)c3ccc(Br)cc3)cs2)cc1. The van der Waals surface area contributed by atoms with Crippen molar-refractivity contribution in [2.45, 2.75) is 6.92 Å². The molecular weight excluding hydrogens is 440 g/mol. The van der Waals surface area contributed by atoms with E-state index >= 15 is 0 Å². The molecule has 3 aromatic rings. The molecule has 0 fully saturated rings. The van der Waals surface area contributed by atoms with E-state index in [1.807, 2.05) is 12.1 Å². The van der Waals surface area contributed by atoms with Crippen LogP contribution >= 0.6 is 27.3 Å². The standard InChI is InChI=1S/C21H17BrN2O3S/c1-14(25)24(18-8-10-19(27-2)11-9-18)21-23-17(13-28-21)7-12-20(26)15-3-5-16(22)6-4-15/h3-13H,1-2H3/b12-7+. The van der Waals surface area contributed by atoms with Crippen LogP contribution in [0.25, 0.3) is 6.08 Å². The highest BCUT2D eigenvalue weighted by molar-refractivity contribution is 9.10. The van der Waals surface area contributed by atoms with Gasteiger partial charge in [-0.1, -0.05) is 15.9 Å². The van der Waals surface area contributed by atoms with Gasteiger partial charge in [0.05, 0.1) is 18.5 Å². The fourth-order valence-corrected chi connectivity index (χ4v) is 3.60. The van der Waals surface area contributed by atoms with E-state index in [9.17, 15) is 9.59 Å². The van der Waals surface area contributed by atoms with Crippen LogP contribution in [-0.4, -0.2) is 23.8 Å². The monoisotopic (exact) mass is 456 g/mol. The minimum absolute atomic E-state index is 0.111. The summed E-state index contributed by atoms with van der Waals surface area (Å²) >= 11 is 4.68. The van der Waals surface area contributed by atoms with Crippen molar-refractivity contribution in [2.24, 2.45) is 0 Å². The minimum Gasteiger partial charge on any atom is -0.497 e. The number of aromatic nitrogens is 1. The average molecular weight is 457 g/mol. The van der Waals surface area contributed by atoms with Crippen LogP contribution in [0.2, 0.25) is 0 Å². The first-order valence-corrected chi connectivity index (χ1v) is 10.0. The molecule has 0 saturated carbocycles. The summed E-state index contributed by atoms with van der Waals surface area (Å²) in [4.78, 5) is 30.4. The number of allylic oxidation sites excluding steroid dienone is 1. The third-order valence-electron chi connectivity index (χ3n) is 3.88. The summed E-state index contributed by atoms with van der Waals surface area (Å²) in [7, 11) is 1.59. The molecule has 5 nitrogen and oxygen atoms in total. The molecule has 0 aliphatic heterocycles. The molecule has 0 bridgehead atoms. The zero-order valence-corrected chi connectivity index (χ0v) is 17.7. The molecule has 0 aliphatic carbocycles. The summed E-state index contributed by atoms with van der Waals surface area (Å²) in [5, 5.41) is 2.34. The number of methoxy groups -OCH3 is 1. The minimum atomic E-state index is -0.152. The van der Waals surface area contributed by atoms with Crippen LogP contribution in [0.5, 0.6) is 5.75 Å². The number of ether oxygens (including phenoxy) is 1. The van der Waals surface area contributed by atoms with Crippen LogP contribution in [0.15, 0.2) is 64.5 Å². The molecule has 7 heteroatoms. The number of hydrogen-bond acceptors (Lipinski definition) is 5. The van der Waals surface area contributed by atoms with Crippen molar-refractivity contribution in [3.8, 4) is 5.75 Å². The maximum atomic E-state index is 12.3. The van der Waals surface area contributed by atoms with E-state index in [-0.39, 0.29) is 11.7 Å². The Morgan fingerprint density at radius 2 is 1.79 bits per heavy atom. The molecule has 1 aromatic heterocycles. The second-order valence-electron chi connectivity index (χ2n) is 5.81. The fourth-order valence-electron chi connectivity index (χ4n) is 2.49. The lowest BCUT2D eigenvalue weighted by molar-refractivity contribution is -0.115. The molecule has 1 amide bonds. The molecule has 2 aromatic carbocycles. The number of carbonyl (C=O) groups excluding carboxylic acids is 2. The normalized spacial score (nSPS) is 10.8. The zero-order chi connectivity index (χ0) is 20.1. The first-order chi connectivity index (χ1) is 13.5. The molecule has 0 N–H and O–H groups in total. The van der Waals surface area contributed by atoms with Gasteiger partial charge in [-0.05, 0) is 60.7 Å². The predicted octanol–water partition coefficient (Wildman–Crippen LogP) is 5.49. The van der Waals surface area contributed by atoms with Crippen LogP contribution in [0.1, 0.15) is 23.0 Å². The Hall–Kier alpha value is -2.77. The lowest BCUT2D eigenvalue weighted by Crippen LogP contribution is -2.22. The molecule has 0 radical (unpaired) electrons. The summed E-state index contributed by atoms with van der Waals surface area (Å²) in [5.41, 5.74) is 1.91. The smallest absolute Gasteiger partial charge is 0.230 e. The van der Waals surface area contributed by atoms with Crippen LogP contribution in [0.3, 0.4) is 0 Å². The number of anilines is 2. The number of hydrogen-bond donors (Lipinski definition) is 0. The Labute approximate surface area is 175 Å². The number of thiazole rings is 1. The summed E-state index contributed by atoms with van der Waals surface area (Å²) in [6.07, 6.45) is 3.13. The Balaban J connectivity index is 1.79. The third-order valence-corrected chi connectivity index (χ3v) is 5.25. The molecule has 0 aliphatic rings. The highest BCUT2D eigenvalue weighted by Crippen LogP contribution is 2.30. The molecule has 28 heavy (non-hydrogen) atoms. The van der Waals surface area contributed by atoms with Crippen molar-refractivity contribution in [3.05, 3.63) is 75.7 Å². The van der Waals surface area contributed by atoms with Gasteiger partial charge in [0.15, 0.2) is 10.9 Å². The average Bonchev–Trinajstić information content (AvgIpc) is 3.15. The highest BCUT2D eigenvalue weighted by Gasteiger charge is 2.17. The lowest BCUT2D eigenvalue weighted by atomic mass is 10.1. The summed E-state index contributed by atoms with van der Waals surface area (Å²) in [5.74, 6) is 0.447. The number of carbonyl (C=O) groups is 2. The number of amides is 1. The Bertz CT molecular complexity index is 1010. The largest absolute Gasteiger partial charge is 0.497 e. The van der Waals surface area contributed by atoms with E-state index in [0.29, 0.717) is 27.8 Å². The van der Waals surface area contributed by atoms with Gasteiger partial charge in [0.1, 0.15) is 5.75 Å². The van der Waals surface area contributed by atoms with Gasteiger partial charge in [-0.3, -0.25) is 14.5 Å². The zero-order valence-electron chi connectivity index (χ0n) is 15.3. The van der Waals surface area contributed by atoms with Crippen molar-refractivity contribution in [3.63, 3.8) is 0 Å². The highest BCUT2D eigenvalue weighted by atomic mass is 79.9. The molecule has 0 spiro atoms. The number of benzene rings is 2. The van der Waals surface area contributed by atoms with Crippen molar-refractivity contribution in [2.75, 3.05) is 12.0 Å². The van der Waals surface area contributed by atoms with Crippen LogP contribution in [0, 0.1) is 0 Å². The van der Waals surface area contributed by atoms with Gasteiger partial charge in [-0.2, -0.15) is 0 Å². The number of nitrogens with zero attached hydrogens (tertiary/aromatic N) is 2. The third kappa shape index (κ3) is 4.74. The fraction of sp³-hybridized carbons (Fsp3) is 0.0952. The van der Waals surface area contributed by atoms with Gasteiger partial charge in [0.2, 0.25) is 5.91 Å². The molecule has 3 rings (SSSR count). The van der Waals surface area contributed by atoms with Gasteiger partial charge in [-0.15, -0.1) is 11.3 Å². The Kier molecular flexibility index (Phi) is 6.38. The molecular formula is C21H17BrN2O3S. The quantitative estimate of drug-likeness (QED) is 0.363. The second-order valence-corrected chi connectivity index (χ2v) is 7.56. The summed E-state index contributed by atoms with van der Waals surface area (Å²) in [6, 6.07) is 14.3. The first kappa shape index (κ1) is 20.0. The molecule has 0 unspecified atom stereocenters. The van der Waals surface area contributed by atoms with Gasteiger partial charge < -0.3 is 4.74 Å². The molecule has 0 saturated heterocycles. The molecule has 0 atom stereocenters. The molecule has 142 valence electrons. The van der Waals surface area contributed by atoms with E-state index in [4.69, 9.17) is 4.74 Å². The van der Waals surface area contributed by atoms with Gasteiger partial charge >= 0.3 is 0 Å². The van der Waals surface area contributed by atoms with Crippen LogP contribution in [0.4, 0.5) is 10.8 Å². The number of ketones is 1. The summed E-state index contributed by atoms with van der Waals surface area (Å²) < 4.78 is 6.07. The summed E-state index contributed by atoms with van der Waals surface area (Å²) in [6.45, 7) is 1.48. The second kappa shape index (κ2) is 8.95. The van der Waals surface area contributed by atoms with E-state index < -0.39 is 0 Å². The van der Waals surface area contributed by atoms with Crippen molar-refractivity contribution < 1.29 is 14.3 Å². The van der Waals surface area contributed by atoms with E-state index in [2.05, 4.69) is 20.9 Å². The Morgan fingerprint density at radius 1 is 1.11 bits per heavy atom. The van der Waals surface area contributed by atoms with Crippen molar-refractivity contribution in [1.29, 1.82) is 0 Å². The van der Waals surface area contributed by atoms with Crippen molar-refractivity contribution in [1.82, 2.24) is 4.98 Å². The maximum absolute atomic E-state index is 12.3.